The second-order valence-electron chi connectivity index (χ2n) is 28.2. The van der Waals surface area contributed by atoms with Crippen molar-refractivity contribution in [1.29, 1.82) is 0 Å². The Kier molecular flexibility index (Phi) is 24.8. The summed E-state index contributed by atoms with van der Waals surface area (Å²) in [5.74, 6) is -5.26. The summed E-state index contributed by atoms with van der Waals surface area (Å²) >= 11 is 0. The number of methoxy groups -OCH3 is 1. The van der Waals surface area contributed by atoms with E-state index in [4.69, 9.17) is 33.4 Å². The number of carbonyl (C=O) groups is 8. The van der Waals surface area contributed by atoms with E-state index in [0.29, 0.717) is 95.6 Å². The van der Waals surface area contributed by atoms with Crippen molar-refractivity contribution in [3.8, 4) is 39.7 Å². The zero-order chi connectivity index (χ0) is 78.2. The van der Waals surface area contributed by atoms with Crippen molar-refractivity contribution < 1.29 is 96.7 Å². The lowest BCUT2D eigenvalue weighted by molar-refractivity contribution is -0.271. The molecular formula is C78H90FN11O20. The van der Waals surface area contributed by atoms with Crippen LogP contribution in [-0.4, -0.2) is 174 Å². The van der Waals surface area contributed by atoms with Crippen molar-refractivity contribution >= 4 is 64.2 Å². The molecule has 0 saturated carbocycles. The first kappa shape index (κ1) is 79.0. The second kappa shape index (κ2) is 34.5. The lowest BCUT2D eigenvalue weighted by Gasteiger charge is -2.38. The fourth-order valence-corrected chi connectivity index (χ4v) is 14.8. The Labute approximate surface area is 631 Å². The number of amides is 6. The minimum atomic E-state index is -2.11. The van der Waals surface area contributed by atoms with Crippen LogP contribution >= 0.6 is 0 Å². The summed E-state index contributed by atoms with van der Waals surface area (Å²) < 4.78 is 51.9. The Bertz CT molecular complexity index is 4760. The highest BCUT2D eigenvalue weighted by Gasteiger charge is 2.49. The molecule has 3 aromatic heterocycles. The number of unbranched alkanes of at least 4 members (excludes halogenated alkanes) is 2. The number of cyclic esters (lactones) is 1. The van der Waals surface area contributed by atoms with Gasteiger partial charge in [-0.05, 0) is 124 Å². The molecule has 31 nitrogen and oxygen atoms in total. The maximum absolute atomic E-state index is 15.7. The molecule has 0 spiro atoms. The van der Waals surface area contributed by atoms with E-state index in [-0.39, 0.29) is 142 Å². The maximum Gasteiger partial charge on any atom is 0.407 e. The third-order valence-corrected chi connectivity index (χ3v) is 20.7. The highest BCUT2D eigenvalue weighted by molar-refractivity contribution is 6.00. The molecule has 4 aliphatic heterocycles. The van der Waals surface area contributed by atoms with E-state index in [2.05, 4.69) is 36.9 Å². The number of pyridine rings is 2. The Hall–Kier alpha value is -10.6. The first-order chi connectivity index (χ1) is 52.9. The zero-order valence-electron chi connectivity index (χ0n) is 61.6. The monoisotopic (exact) mass is 1520 g/mol. The predicted octanol–water partition coefficient (Wildman–Crippen LogP) is 5.27. The van der Waals surface area contributed by atoms with Crippen LogP contribution < -0.4 is 41.8 Å². The van der Waals surface area contributed by atoms with Gasteiger partial charge in [0, 0.05) is 97.7 Å². The lowest BCUT2D eigenvalue weighted by Crippen LogP contribution is -2.61. The number of halogens is 1. The van der Waals surface area contributed by atoms with Crippen LogP contribution in [0.25, 0.3) is 44.8 Å². The number of carbonyl (C=O) groups excluding carboxylic acids is 7. The van der Waals surface area contributed by atoms with E-state index in [1.807, 2.05) is 67.1 Å². The number of nitrogens with one attached hydrogen (secondary N) is 5. The summed E-state index contributed by atoms with van der Waals surface area (Å²) in [4.78, 5) is 128. The molecule has 4 aromatic carbocycles. The zero-order valence-corrected chi connectivity index (χ0v) is 61.6. The van der Waals surface area contributed by atoms with Crippen LogP contribution in [0, 0.1) is 12.7 Å². The summed E-state index contributed by atoms with van der Waals surface area (Å²) in [6.07, 6.45) is -8.86. The third kappa shape index (κ3) is 16.8. The van der Waals surface area contributed by atoms with E-state index in [1.54, 1.807) is 25.9 Å². The number of nitrogens with zero attached hydrogens (tertiary/aromatic N) is 6. The van der Waals surface area contributed by atoms with Gasteiger partial charge in [0.05, 0.1) is 72.8 Å². The molecule has 7 heterocycles. The minimum absolute atomic E-state index is 0.0122. The summed E-state index contributed by atoms with van der Waals surface area (Å²) in [6.45, 7) is 7.41. The number of aliphatic hydroxyl groups excluding tert-OH is 3. The molecule has 10 N–H and O–H groups in total. The number of fused-ring (bicyclic) bond motifs is 10. The Morgan fingerprint density at radius 1 is 0.791 bits per heavy atom. The van der Waals surface area contributed by atoms with Crippen molar-refractivity contribution in [1.82, 2.24) is 51.1 Å². The number of carboxylic acids is 1. The molecule has 0 bridgehead atoms. The van der Waals surface area contributed by atoms with Gasteiger partial charge in [-0.15, -0.1) is 5.10 Å². The van der Waals surface area contributed by atoms with Crippen LogP contribution in [0.3, 0.4) is 0 Å². The van der Waals surface area contributed by atoms with Gasteiger partial charge in [0.15, 0.2) is 11.7 Å². The molecule has 32 heteroatoms. The smallest absolute Gasteiger partial charge is 0.407 e. The summed E-state index contributed by atoms with van der Waals surface area (Å²) in [5, 5.41) is 77.2. The Morgan fingerprint density at radius 3 is 2.33 bits per heavy atom. The molecule has 7 aromatic rings. The van der Waals surface area contributed by atoms with Gasteiger partial charge in [0.1, 0.15) is 54.8 Å². The average Bonchev–Trinajstić information content (AvgIpc) is 1.51. The van der Waals surface area contributed by atoms with Gasteiger partial charge in [-0.25, -0.2) is 28.4 Å². The van der Waals surface area contributed by atoms with Crippen LogP contribution in [0.5, 0.6) is 5.75 Å². The molecule has 6 amide bonds. The SMILES string of the molecule is CCC1(O)C(=O)OCc2c1cc1n(c2=O)Cc2c-1nc1cc(F)c(C)c3c1c2C(NC(=O)OCc1ccc(OC2OC(C(=O)O)C(O)C(O)C2O)c(CNC(=O)CCNC(=O)C(CCCCNC(=O)CCOCCOC)NC(=O)CCCCC(=O)N2Cc4ccccc4-c4c(nnn4C(C)C)-c4ccccc42)c1)CC3. The van der Waals surface area contributed by atoms with Gasteiger partial charge in [-0.2, -0.15) is 0 Å². The number of rotatable bonds is 31. The van der Waals surface area contributed by atoms with Crippen LogP contribution in [0.1, 0.15) is 154 Å². The van der Waals surface area contributed by atoms with Crippen molar-refractivity contribution in [2.75, 3.05) is 44.9 Å². The van der Waals surface area contributed by atoms with Crippen LogP contribution in [-0.2, 0) is 102 Å². The van der Waals surface area contributed by atoms with Crippen LogP contribution in [0.2, 0.25) is 0 Å². The molecule has 1 fully saturated rings. The van der Waals surface area contributed by atoms with E-state index in [1.165, 1.54) is 34.9 Å². The van der Waals surface area contributed by atoms with Crippen molar-refractivity contribution in [3.63, 3.8) is 0 Å². The molecule has 0 radical (unpaired) electrons. The number of hydrogen-bond donors (Lipinski definition) is 10. The van der Waals surface area contributed by atoms with Gasteiger partial charge < -0.3 is 90.0 Å². The largest absolute Gasteiger partial charge is 0.479 e. The normalized spacial score (nSPS) is 19.6. The predicted molar refractivity (Wildman–Crippen MR) is 392 cm³/mol. The fourth-order valence-electron chi connectivity index (χ4n) is 14.8. The van der Waals surface area contributed by atoms with Gasteiger partial charge in [0.25, 0.3) is 5.56 Å². The van der Waals surface area contributed by atoms with Gasteiger partial charge in [-0.1, -0.05) is 60.7 Å². The summed E-state index contributed by atoms with van der Waals surface area (Å²) in [6, 6.07) is 20.7. The number of carboxylic acid groups (broad SMARTS) is 1. The number of aliphatic carboxylic acids is 1. The number of aryl methyl sites for hydroxylation is 1. The molecule has 110 heavy (non-hydrogen) atoms. The highest BCUT2D eigenvalue weighted by atomic mass is 19.1. The van der Waals surface area contributed by atoms with Gasteiger partial charge in [0.2, 0.25) is 35.8 Å². The molecule has 8 atom stereocenters. The summed E-state index contributed by atoms with van der Waals surface area (Å²) in [5.41, 5.74) is 5.77. The topological polar surface area (TPSA) is 422 Å². The van der Waals surface area contributed by atoms with Crippen molar-refractivity contribution in [2.24, 2.45) is 0 Å². The molecule has 1 saturated heterocycles. The molecular weight excluding hydrogens is 1430 g/mol. The van der Waals surface area contributed by atoms with Crippen LogP contribution in [0.15, 0.2) is 83.7 Å². The second-order valence-corrected chi connectivity index (χ2v) is 28.2. The first-order valence-corrected chi connectivity index (χ1v) is 37.0. The van der Waals surface area contributed by atoms with E-state index >= 15 is 4.39 Å². The minimum Gasteiger partial charge on any atom is -0.479 e. The number of benzene rings is 4. The number of esters is 1. The number of aliphatic hydroxyl groups is 4. The number of hydrogen-bond acceptors (Lipinski definition) is 22. The molecule has 1 aliphatic carbocycles. The lowest BCUT2D eigenvalue weighted by atomic mass is 9.81. The molecule has 8 unspecified atom stereocenters. The number of anilines is 1. The molecule has 584 valence electrons. The summed E-state index contributed by atoms with van der Waals surface area (Å²) in [7, 11) is 1.54. The van der Waals surface area contributed by atoms with Gasteiger partial charge in [-0.3, -0.25) is 28.8 Å². The van der Waals surface area contributed by atoms with E-state index < -0.39 is 102 Å². The van der Waals surface area contributed by atoms with Crippen LogP contribution in [0.4, 0.5) is 14.9 Å². The highest BCUT2D eigenvalue weighted by Crippen LogP contribution is 2.47. The van der Waals surface area contributed by atoms with E-state index in [9.17, 15) is 68.7 Å². The average molecular weight is 1520 g/mol. The number of para-hydroxylation sites is 1. The molecule has 12 rings (SSSR count). The number of ether oxygens (including phenoxy) is 6. The Balaban J connectivity index is 0.698. The number of alkyl carbamates (subject to hydrolysis) is 1. The van der Waals surface area contributed by atoms with E-state index in [0.717, 1.165) is 22.4 Å². The number of aromatic nitrogens is 5. The van der Waals surface area contributed by atoms with Gasteiger partial charge >= 0.3 is 18.0 Å². The molecule has 5 aliphatic rings. The standard InChI is InChI=1S/C78H90FN11O20/c1-6-78(104)51-34-57-65-49(38-89(57)73(99)50(51)40-107-76(78)102)64-53(24-23-46-42(4)52(79)35-55(84-65)63(46)64)85-77(103)108-39-43-22-25-58(109-75-70(97)68(95)69(96)71(110-75)74(100)101)45(33-43)36-82-59(91)26-29-81-72(98)54(18-13-14-28-80-60(92)27-30-106-32-31-105-5)83-61(93)20-11-12-21-62(94)88-37-44-15-7-8-16-47(44)67-66(86-87-90(67)41(2)3)48-17-9-10-19-56(48)88/h7-10,15-17,19,22,25,33-35,41,53-54,68-71,75,95-97,104H,6,11-14,18,20-21,23-24,26-32,36-40H2,1-5H3,(H,80,92)(H,81,98)(H,82,91)(H,83,93)(H,85,103)(H,100,101). The first-order valence-electron chi connectivity index (χ1n) is 37.0. The Morgan fingerprint density at radius 2 is 1.55 bits per heavy atom. The van der Waals surface area contributed by atoms with Crippen molar-refractivity contribution in [2.45, 2.75) is 192 Å². The maximum atomic E-state index is 15.7. The quantitative estimate of drug-likeness (QED) is 0.0195. The fraction of sp³-hybridized carbons (Fsp3) is 0.462. The van der Waals surface area contributed by atoms with Crippen molar-refractivity contribution in [3.05, 3.63) is 145 Å². The third-order valence-electron chi connectivity index (χ3n) is 20.7.